The van der Waals surface area contributed by atoms with E-state index >= 15 is 0 Å². The molecule has 15 heteroatoms. The van der Waals surface area contributed by atoms with Crippen molar-refractivity contribution in [3.05, 3.63) is 76.9 Å². The maximum absolute atomic E-state index is 13.1. The van der Waals surface area contributed by atoms with E-state index in [0.717, 1.165) is 59.8 Å². The number of thioether (sulfide) groups is 2. The van der Waals surface area contributed by atoms with Gasteiger partial charge in [-0.2, -0.15) is 23.5 Å². The van der Waals surface area contributed by atoms with Crippen molar-refractivity contribution in [3.63, 3.8) is 0 Å². The summed E-state index contributed by atoms with van der Waals surface area (Å²) in [4.78, 5) is 19.0. The molecule has 5 rings (SSSR count). The minimum absolute atomic E-state index is 0.0308. The molecule has 0 radical (unpaired) electrons. The Hall–Kier alpha value is -3.04. The van der Waals surface area contributed by atoms with E-state index in [0.29, 0.717) is 29.4 Å². The van der Waals surface area contributed by atoms with Crippen molar-refractivity contribution in [2.45, 2.75) is 77.4 Å². The number of amides is 1. The predicted octanol–water partition coefficient (Wildman–Crippen LogP) is 8.04. The summed E-state index contributed by atoms with van der Waals surface area (Å²) in [5.41, 5.74) is 3.16. The molecule has 2 aliphatic heterocycles. The van der Waals surface area contributed by atoms with E-state index in [1.54, 1.807) is 49.0 Å². The average molecular weight is 719 g/mol. The van der Waals surface area contributed by atoms with Crippen molar-refractivity contribution >= 4 is 29.4 Å². The Morgan fingerprint density at radius 2 is 1.38 bits per heavy atom. The quantitative estimate of drug-likeness (QED) is 0.225. The maximum Gasteiger partial charge on any atom is 0.573 e. The first kappa shape index (κ1) is 37.8. The Morgan fingerprint density at radius 1 is 0.854 bits per heavy atom. The Balaban J connectivity index is 0.000000229. The van der Waals surface area contributed by atoms with Gasteiger partial charge in [0.25, 0.3) is 5.91 Å². The minimum atomic E-state index is -4.75. The molecule has 0 atom stereocenters. The van der Waals surface area contributed by atoms with Crippen LogP contribution in [0.15, 0.2) is 48.9 Å². The summed E-state index contributed by atoms with van der Waals surface area (Å²) in [6.45, 7) is 4.25. The lowest BCUT2D eigenvalue weighted by atomic mass is 10.1. The van der Waals surface area contributed by atoms with Gasteiger partial charge in [-0.15, -0.1) is 26.3 Å². The molecule has 2 aromatic carbocycles. The maximum atomic E-state index is 13.1. The molecular weight excluding hydrogens is 679 g/mol. The number of alkyl halides is 6. The molecule has 3 heterocycles. The fraction of sp³-hybridized carbons (Fsp3) is 0.515. The Bertz CT molecular complexity index is 1490. The number of nitrogens with one attached hydrogen (secondary N) is 1. The van der Waals surface area contributed by atoms with Gasteiger partial charge in [0, 0.05) is 38.4 Å². The molecule has 2 aliphatic rings. The molecule has 2 fully saturated rings. The summed E-state index contributed by atoms with van der Waals surface area (Å²) in [6.07, 6.45) is -2.26. The highest BCUT2D eigenvalue weighted by atomic mass is 32.2. The minimum Gasteiger partial charge on any atom is -0.406 e. The van der Waals surface area contributed by atoms with Gasteiger partial charge in [0.15, 0.2) is 0 Å². The number of aryl methyl sites for hydroxylation is 3. The molecule has 0 saturated carbocycles. The number of benzene rings is 2. The SMILES string of the molecule is Cc1cc(CN(C(=O)c2cn(C)cn2)C2CCSCC2)cc(OC(F)(F)F)c1.Cc1cc(CNC2CCSCC2)cc(OC(F)(F)F)c1. The lowest BCUT2D eigenvalue weighted by Gasteiger charge is -2.34. The van der Waals surface area contributed by atoms with Crippen molar-refractivity contribution in [1.82, 2.24) is 19.8 Å². The van der Waals surface area contributed by atoms with Crippen LogP contribution < -0.4 is 14.8 Å². The van der Waals surface area contributed by atoms with E-state index in [-0.39, 0.29) is 30.0 Å². The Kier molecular flexibility index (Phi) is 13.4. The standard InChI is InChI=1S/C19H22F3N3O2S.C14H18F3NOS/c1-13-7-14(9-16(8-13)27-19(20,21)22)10-25(15-3-5-28-6-4-15)18(26)17-11-24(2)12-23-17;1-10-6-11(8-13(7-10)19-14(15,16)17)9-18-12-2-4-20-5-3-12/h7-9,11-12,15H,3-6,10H2,1-2H3;6-8,12,18H,2-5,9H2,1H3. The van der Waals surface area contributed by atoms with Gasteiger partial charge in [-0.05, 0) is 109 Å². The lowest BCUT2D eigenvalue weighted by Crippen LogP contribution is -2.42. The number of hydrogen-bond donors (Lipinski definition) is 1. The van der Waals surface area contributed by atoms with Crippen LogP contribution in [0.3, 0.4) is 0 Å². The lowest BCUT2D eigenvalue weighted by molar-refractivity contribution is -0.275. The number of ether oxygens (including phenoxy) is 2. The highest BCUT2D eigenvalue weighted by molar-refractivity contribution is 7.99. The van der Waals surface area contributed by atoms with Crippen LogP contribution in [0.2, 0.25) is 0 Å². The van der Waals surface area contributed by atoms with Crippen LogP contribution in [0.5, 0.6) is 11.5 Å². The van der Waals surface area contributed by atoms with Gasteiger partial charge in [0.05, 0.1) is 6.33 Å². The first-order chi connectivity index (χ1) is 22.6. The fourth-order valence-electron chi connectivity index (χ4n) is 5.62. The van der Waals surface area contributed by atoms with Gasteiger partial charge in [-0.25, -0.2) is 4.98 Å². The monoisotopic (exact) mass is 718 g/mol. The third-order valence-electron chi connectivity index (χ3n) is 7.67. The van der Waals surface area contributed by atoms with Crippen LogP contribution in [0, 0.1) is 13.8 Å². The summed E-state index contributed by atoms with van der Waals surface area (Å²) in [7, 11) is 1.78. The summed E-state index contributed by atoms with van der Waals surface area (Å²) in [6, 6.07) is 9.68. The normalized spacial score (nSPS) is 16.2. The van der Waals surface area contributed by atoms with Crippen LogP contribution in [-0.4, -0.2) is 68.2 Å². The zero-order chi connectivity index (χ0) is 34.9. The second-order valence-electron chi connectivity index (χ2n) is 11.9. The first-order valence-electron chi connectivity index (χ1n) is 15.5. The largest absolute Gasteiger partial charge is 0.573 e. The molecule has 3 aromatic rings. The van der Waals surface area contributed by atoms with Crippen molar-refractivity contribution in [2.75, 3.05) is 23.0 Å². The molecule has 0 bridgehead atoms. The zero-order valence-corrected chi connectivity index (χ0v) is 28.6. The number of carbonyl (C=O) groups is 1. The number of nitrogens with zero attached hydrogens (tertiary/aromatic N) is 3. The van der Waals surface area contributed by atoms with Crippen LogP contribution in [-0.2, 0) is 20.1 Å². The molecular formula is C33H40F6N4O3S2. The van der Waals surface area contributed by atoms with Gasteiger partial charge in [0.1, 0.15) is 17.2 Å². The second kappa shape index (κ2) is 17.1. The van der Waals surface area contributed by atoms with E-state index in [1.807, 2.05) is 29.6 Å². The van der Waals surface area contributed by atoms with Crippen molar-refractivity contribution in [1.29, 1.82) is 0 Å². The molecule has 48 heavy (non-hydrogen) atoms. The zero-order valence-electron chi connectivity index (χ0n) is 27.0. The van der Waals surface area contributed by atoms with Crippen LogP contribution in [0.1, 0.15) is 58.4 Å². The van der Waals surface area contributed by atoms with E-state index in [2.05, 4.69) is 19.8 Å². The molecule has 1 aromatic heterocycles. The first-order valence-corrected chi connectivity index (χ1v) is 17.8. The van der Waals surface area contributed by atoms with Gasteiger partial charge in [-0.1, -0.05) is 12.1 Å². The molecule has 0 unspecified atom stereocenters. The topological polar surface area (TPSA) is 68.6 Å². The predicted molar refractivity (Wildman–Crippen MR) is 176 cm³/mol. The molecule has 1 N–H and O–H groups in total. The Labute approximate surface area is 285 Å². The highest BCUT2D eigenvalue weighted by Crippen LogP contribution is 2.29. The number of aromatic nitrogens is 2. The van der Waals surface area contributed by atoms with Crippen LogP contribution in [0.25, 0.3) is 0 Å². The van der Waals surface area contributed by atoms with Crippen molar-refractivity contribution in [2.24, 2.45) is 7.05 Å². The third-order valence-corrected chi connectivity index (χ3v) is 9.77. The number of hydrogen-bond acceptors (Lipinski definition) is 7. The molecule has 264 valence electrons. The van der Waals surface area contributed by atoms with Gasteiger partial charge < -0.3 is 24.3 Å². The van der Waals surface area contributed by atoms with Gasteiger partial charge >= 0.3 is 12.7 Å². The number of halogens is 6. The number of carbonyl (C=O) groups excluding carboxylic acids is 1. The Morgan fingerprint density at radius 3 is 1.90 bits per heavy atom. The number of rotatable bonds is 9. The summed E-state index contributed by atoms with van der Waals surface area (Å²) < 4.78 is 84.3. The van der Waals surface area contributed by atoms with Crippen molar-refractivity contribution < 1.29 is 40.6 Å². The smallest absolute Gasteiger partial charge is 0.406 e. The summed E-state index contributed by atoms with van der Waals surface area (Å²) in [5, 5.41) is 3.41. The number of imidazole rings is 1. The molecule has 0 spiro atoms. The van der Waals surface area contributed by atoms with Crippen molar-refractivity contribution in [3.8, 4) is 11.5 Å². The van der Waals surface area contributed by atoms with Crippen LogP contribution in [0.4, 0.5) is 26.3 Å². The third kappa shape index (κ3) is 12.8. The second-order valence-corrected chi connectivity index (χ2v) is 14.3. The van der Waals surface area contributed by atoms with E-state index < -0.39 is 12.7 Å². The van der Waals surface area contributed by atoms with Crippen LogP contribution >= 0.6 is 23.5 Å². The van der Waals surface area contributed by atoms with E-state index in [1.165, 1.54) is 24.3 Å². The molecule has 7 nitrogen and oxygen atoms in total. The highest BCUT2D eigenvalue weighted by Gasteiger charge is 2.33. The van der Waals surface area contributed by atoms with Gasteiger partial charge in [0.2, 0.25) is 0 Å². The fourth-order valence-corrected chi connectivity index (χ4v) is 7.81. The van der Waals surface area contributed by atoms with E-state index in [4.69, 9.17) is 0 Å². The molecule has 1 amide bonds. The average Bonchev–Trinajstić information content (AvgIpc) is 3.44. The summed E-state index contributed by atoms with van der Waals surface area (Å²) in [5.74, 6) is 3.57. The van der Waals surface area contributed by atoms with Gasteiger partial charge in [-0.3, -0.25) is 4.79 Å². The van der Waals surface area contributed by atoms with E-state index in [9.17, 15) is 31.1 Å². The molecule has 2 saturated heterocycles. The summed E-state index contributed by atoms with van der Waals surface area (Å²) >= 11 is 3.79. The molecule has 0 aliphatic carbocycles.